The second-order valence-corrected chi connectivity index (χ2v) is 6.79. The number of nitrogens with one attached hydrogen (secondary N) is 1. The standard InChI is InChI=1S/C12H16BrNO5S/c1-2-9(15)5-6-14-20(18,19)11-4-3-8(12(16)17)7-10(11)13/h3-4,7,9,14-15H,2,5-6H2,1H3,(H,16,17). The van der Waals surface area contributed by atoms with E-state index in [2.05, 4.69) is 20.7 Å². The third-order valence-electron chi connectivity index (χ3n) is 2.71. The van der Waals surface area contributed by atoms with Crippen molar-refractivity contribution in [1.82, 2.24) is 4.72 Å². The summed E-state index contributed by atoms with van der Waals surface area (Å²) in [5, 5.41) is 18.2. The third-order valence-corrected chi connectivity index (χ3v) is 5.15. The lowest BCUT2D eigenvalue weighted by molar-refractivity contribution is 0.0696. The van der Waals surface area contributed by atoms with E-state index >= 15 is 0 Å². The molecule has 0 spiro atoms. The first-order chi connectivity index (χ1) is 9.27. The number of aromatic carboxylic acids is 1. The molecule has 20 heavy (non-hydrogen) atoms. The highest BCUT2D eigenvalue weighted by molar-refractivity contribution is 9.10. The van der Waals surface area contributed by atoms with Gasteiger partial charge in [0.25, 0.3) is 0 Å². The van der Waals surface area contributed by atoms with Crippen LogP contribution in [0.3, 0.4) is 0 Å². The molecule has 0 saturated heterocycles. The SMILES string of the molecule is CCC(O)CCNS(=O)(=O)c1ccc(C(=O)O)cc1Br. The predicted molar refractivity (Wildman–Crippen MR) is 77.2 cm³/mol. The molecular weight excluding hydrogens is 350 g/mol. The first-order valence-electron chi connectivity index (χ1n) is 5.98. The van der Waals surface area contributed by atoms with Gasteiger partial charge in [0.2, 0.25) is 10.0 Å². The molecule has 1 aromatic carbocycles. The average Bonchev–Trinajstić information content (AvgIpc) is 2.37. The normalized spacial score (nSPS) is 13.2. The van der Waals surface area contributed by atoms with E-state index in [0.29, 0.717) is 12.8 Å². The molecule has 0 aliphatic rings. The van der Waals surface area contributed by atoms with Crippen LogP contribution in [0, 0.1) is 0 Å². The zero-order valence-electron chi connectivity index (χ0n) is 10.8. The Hall–Kier alpha value is -0.960. The lowest BCUT2D eigenvalue weighted by atomic mass is 10.2. The van der Waals surface area contributed by atoms with Crippen molar-refractivity contribution in [3.8, 4) is 0 Å². The van der Waals surface area contributed by atoms with Crippen LogP contribution in [-0.2, 0) is 10.0 Å². The highest BCUT2D eigenvalue weighted by Crippen LogP contribution is 2.23. The minimum atomic E-state index is -3.74. The highest BCUT2D eigenvalue weighted by atomic mass is 79.9. The molecule has 0 amide bonds. The molecule has 8 heteroatoms. The first kappa shape index (κ1) is 17.1. The second kappa shape index (κ2) is 7.16. The second-order valence-electron chi connectivity index (χ2n) is 4.20. The van der Waals surface area contributed by atoms with Crippen LogP contribution in [0.1, 0.15) is 30.1 Å². The van der Waals surface area contributed by atoms with Gasteiger partial charge in [-0.3, -0.25) is 0 Å². The number of rotatable bonds is 7. The fourth-order valence-corrected chi connectivity index (χ4v) is 3.62. The van der Waals surface area contributed by atoms with Crippen LogP contribution >= 0.6 is 15.9 Å². The minimum absolute atomic E-state index is 0.00256. The third kappa shape index (κ3) is 4.55. The van der Waals surface area contributed by atoms with Crippen LogP contribution in [0.15, 0.2) is 27.6 Å². The van der Waals surface area contributed by atoms with Gasteiger partial charge in [-0.15, -0.1) is 0 Å². The van der Waals surface area contributed by atoms with Gasteiger partial charge in [-0.05, 0) is 47.0 Å². The summed E-state index contributed by atoms with van der Waals surface area (Å²) in [6, 6.07) is 3.69. The predicted octanol–water partition coefficient (Wildman–Crippen LogP) is 1.59. The molecule has 1 aromatic rings. The van der Waals surface area contributed by atoms with Crippen LogP contribution in [0.25, 0.3) is 0 Å². The van der Waals surface area contributed by atoms with E-state index in [1.54, 1.807) is 6.92 Å². The number of aliphatic hydroxyl groups is 1. The number of carbonyl (C=O) groups is 1. The maximum Gasteiger partial charge on any atom is 0.335 e. The number of carboxylic acids is 1. The molecule has 1 unspecified atom stereocenters. The topological polar surface area (TPSA) is 104 Å². The maximum absolute atomic E-state index is 12.0. The van der Waals surface area contributed by atoms with E-state index in [1.807, 2.05) is 0 Å². The van der Waals surface area contributed by atoms with Gasteiger partial charge in [0, 0.05) is 11.0 Å². The largest absolute Gasteiger partial charge is 0.478 e. The number of halogens is 1. The van der Waals surface area contributed by atoms with Gasteiger partial charge in [0.05, 0.1) is 16.6 Å². The van der Waals surface area contributed by atoms with Crippen molar-refractivity contribution in [2.45, 2.75) is 30.8 Å². The zero-order valence-corrected chi connectivity index (χ0v) is 13.2. The van der Waals surface area contributed by atoms with Crippen molar-refractivity contribution in [3.05, 3.63) is 28.2 Å². The summed E-state index contributed by atoms with van der Waals surface area (Å²) >= 11 is 3.05. The van der Waals surface area contributed by atoms with Crippen molar-refractivity contribution in [1.29, 1.82) is 0 Å². The highest BCUT2D eigenvalue weighted by Gasteiger charge is 2.19. The van der Waals surface area contributed by atoms with Gasteiger partial charge in [0.1, 0.15) is 0 Å². The number of hydrogen-bond acceptors (Lipinski definition) is 4. The number of sulfonamides is 1. The Morgan fingerprint density at radius 3 is 2.60 bits per heavy atom. The van der Waals surface area contributed by atoms with Crippen molar-refractivity contribution < 1.29 is 23.4 Å². The van der Waals surface area contributed by atoms with E-state index < -0.39 is 22.1 Å². The maximum atomic E-state index is 12.0. The van der Waals surface area contributed by atoms with Crippen LogP contribution < -0.4 is 4.72 Å². The van der Waals surface area contributed by atoms with E-state index in [4.69, 9.17) is 5.11 Å². The Balaban J connectivity index is 2.85. The average molecular weight is 366 g/mol. The molecule has 112 valence electrons. The summed E-state index contributed by atoms with van der Waals surface area (Å²) in [6.07, 6.45) is 0.328. The minimum Gasteiger partial charge on any atom is -0.478 e. The molecule has 1 atom stereocenters. The molecule has 0 bridgehead atoms. The van der Waals surface area contributed by atoms with Crippen LogP contribution in [-0.4, -0.2) is 37.2 Å². The molecule has 0 saturated carbocycles. The lowest BCUT2D eigenvalue weighted by Crippen LogP contribution is -2.27. The first-order valence-corrected chi connectivity index (χ1v) is 8.26. The summed E-state index contributed by atoms with van der Waals surface area (Å²) in [6.45, 7) is 1.92. The molecule has 0 radical (unpaired) electrons. The van der Waals surface area contributed by atoms with Gasteiger partial charge >= 0.3 is 5.97 Å². The van der Waals surface area contributed by atoms with Crippen molar-refractivity contribution in [3.63, 3.8) is 0 Å². The number of carboxylic acid groups (broad SMARTS) is 1. The Morgan fingerprint density at radius 2 is 2.10 bits per heavy atom. The summed E-state index contributed by atoms with van der Waals surface area (Å²) in [5.41, 5.74) is -0.00256. The number of benzene rings is 1. The molecule has 0 aromatic heterocycles. The van der Waals surface area contributed by atoms with Gasteiger partial charge in [-0.25, -0.2) is 17.9 Å². The van der Waals surface area contributed by atoms with Crippen LogP contribution in [0.4, 0.5) is 0 Å². The monoisotopic (exact) mass is 365 g/mol. The lowest BCUT2D eigenvalue weighted by Gasteiger charge is -2.11. The molecule has 0 aliphatic carbocycles. The van der Waals surface area contributed by atoms with Crippen molar-refractivity contribution in [2.24, 2.45) is 0 Å². The smallest absolute Gasteiger partial charge is 0.335 e. The quantitative estimate of drug-likeness (QED) is 0.680. The molecule has 0 heterocycles. The fourth-order valence-electron chi connectivity index (χ4n) is 1.49. The molecule has 0 aliphatic heterocycles. The van der Waals surface area contributed by atoms with E-state index in [0.717, 1.165) is 0 Å². The van der Waals surface area contributed by atoms with Crippen molar-refractivity contribution >= 4 is 31.9 Å². The number of hydrogen-bond donors (Lipinski definition) is 3. The Bertz CT molecular complexity index is 588. The molecule has 1 rings (SSSR count). The van der Waals surface area contributed by atoms with Crippen LogP contribution in [0.2, 0.25) is 0 Å². The van der Waals surface area contributed by atoms with E-state index in [1.165, 1.54) is 18.2 Å². The van der Waals surface area contributed by atoms with E-state index in [9.17, 15) is 18.3 Å². The summed E-state index contributed by atoms with van der Waals surface area (Å²) in [7, 11) is -3.74. The Morgan fingerprint density at radius 1 is 1.45 bits per heavy atom. The van der Waals surface area contributed by atoms with Gasteiger partial charge < -0.3 is 10.2 Å². The summed E-state index contributed by atoms with van der Waals surface area (Å²) in [5.74, 6) is -1.13. The van der Waals surface area contributed by atoms with Gasteiger partial charge in [-0.2, -0.15) is 0 Å². The molecule has 6 nitrogen and oxygen atoms in total. The Labute approximate surface area is 126 Å². The van der Waals surface area contributed by atoms with Crippen molar-refractivity contribution in [2.75, 3.05) is 6.54 Å². The van der Waals surface area contributed by atoms with Gasteiger partial charge in [0.15, 0.2) is 0 Å². The summed E-state index contributed by atoms with van der Waals surface area (Å²) in [4.78, 5) is 10.7. The van der Waals surface area contributed by atoms with Gasteiger partial charge in [-0.1, -0.05) is 6.92 Å². The zero-order chi connectivity index (χ0) is 15.3. The summed E-state index contributed by atoms with van der Waals surface area (Å²) < 4.78 is 26.6. The Kier molecular flexibility index (Phi) is 6.12. The van der Waals surface area contributed by atoms with Crippen LogP contribution in [0.5, 0.6) is 0 Å². The molecular formula is C12H16BrNO5S. The van der Waals surface area contributed by atoms with E-state index in [-0.39, 0.29) is 21.5 Å². The molecule has 0 fully saturated rings. The fraction of sp³-hybridized carbons (Fsp3) is 0.417. The molecule has 3 N–H and O–H groups in total. The number of aliphatic hydroxyl groups excluding tert-OH is 1.